The third-order valence-electron chi connectivity index (χ3n) is 3.75. The van der Waals surface area contributed by atoms with Crippen molar-refractivity contribution in [2.45, 2.75) is 24.7 Å². The van der Waals surface area contributed by atoms with Crippen LogP contribution in [0.15, 0.2) is 34.9 Å². The van der Waals surface area contributed by atoms with Gasteiger partial charge >= 0.3 is 5.97 Å². The van der Waals surface area contributed by atoms with Gasteiger partial charge in [-0.25, -0.2) is 4.39 Å². The molecule has 3 rings (SSSR count). The van der Waals surface area contributed by atoms with Gasteiger partial charge in [0.25, 0.3) is 0 Å². The van der Waals surface area contributed by atoms with Crippen molar-refractivity contribution in [3.05, 3.63) is 41.8 Å². The first-order chi connectivity index (χ1) is 9.12. The number of carboxylic acids is 1. The van der Waals surface area contributed by atoms with Crippen LogP contribution in [0, 0.1) is 5.82 Å². The molecule has 0 radical (unpaired) electrons. The minimum Gasteiger partial charge on any atom is -0.481 e. The predicted molar refractivity (Wildman–Crippen MR) is 65.1 cm³/mol. The van der Waals surface area contributed by atoms with E-state index in [1.165, 1.54) is 12.1 Å². The zero-order valence-corrected chi connectivity index (χ0v) is 10.1. The van der Waals surface area contributed by atoms with E-state index in [0.717, 1.165) is 6.42 Å². The highest BCUT2D eigenvalue weighted by molar-refractivity contribution is 5.82. The molecule has 98 valence electrons. The minimum atomic E-state index is -0.901. The van der Waals surface area contributed by atoms with Crippen LogP contribution >= 0.6 is 0 Å². The Morgan fingerprint density at radius 2 is 2.00 bits per heavy atom. The third-order valence-corrected chi connectivity index (χ3v) is 3.75. The Bertz CT molecular complexity index is 614. The molecule has 1 fully saturated rings. The van der Waals surface area contributed by atoms with E-state index in [2.05, 4.69) is 5.16 Å². The summed E-state index contributed by atoms with van der Waals surface area (Å²) in [6.45, 7) is 0. The molecule has 0 bridgehead atoms. The lowest BCUT2D eigenvalue weighted by Crippen LogP contribution is -2.42. The van der Waals surface area contributed by atoms with Gasteiger partial charge in [-0.15, -0.1) is 0 Å². The third kappa shape index (κ3) is 1.82. The molecule has 1 saturated carbocycles. The molecule has 0 spiro atoms. The van der Waals surface area contributed by atoms with Crippen LogP contribution in [0.2, 0.25) is 0 Å². The number of carbonyl (C=O) groups is 1. The normalized spacial score (nSPS) is 16.9. The number of carboxylic acid groups (broad SMARTS) is 1. The molecular weight excluding hydrogens is 249 g/mol. The largest absolute Gasteiger partial charge is 0.481 e. The van der Waals surface area contributed by atoms with E-state index >= 15 is 0 Å². The van der Waals surface area contributed by atoms with E-state index < -0.39 is 11.4 Å². The van der Waals surface area contributed by atoms with Crippen LogP contribution in [0.25, 0.3) is 11.3 Å². The van der Waals surface area contributed by atoms with Gasteiger partial charge in [0.2, 0.25) is 0 Å². The van der Waals surface area contributed by atoms with Gasteiger partial charge in [-0.2, -0.15) is 0 Å². The Kier molecular flexibility index (Phi) is 2.62. The minimum absolute atomic E-state index is 0.329. The summed E-state index contributed by atoms with van der Waals surface area (Å²) >= 11 is 0. The monoisotopic (exact) mass is 261 g/mol. The number of aromatic nitrogens is 1. The van der Waals surface area contributed by atoms with E-state index in [4.69, 9.17) is 4.52 Å². The maximum atomic E-state index is 12.8. The fourth-order valence-corrected chi connectivity index (χ4v) is 2.36. The van der Waals surface area contributed by atoms with Crippen LogP contribution in [0.5, 0.6) is 0 Å². The molecule has 1 N–H and O–H groups in total. The first kappa shape index (κ1) is 11.9. The van der Waals surface area contributed by atoms with Gasteiger partial charge in [0, 0.05) is 11.6 Å². The number of nitrogens with zero attached hydrogens (tertiary/aromatic N) is 1. The maximum absolute atomic E-state index is 12.8. The number of hydrogen-bond donors (Lipinski definition) is 1. The first-order valence-electron chi connectivity index (χ1n) is 6.08. The maximum Gasteiger partial charge on any atom is 0.315 e. The highest BCUT2D eigenvalue weighted by Gasteiger charge is 2.48. The van der Waals surface area contributed by atoms with Gasteiger partial charge in [-0.05, 0) is 37.1 Å². The van der Waals surface area contributed by atoms with Crippen LogP contribution in [-0.2, 0) is 10.2 Å². The number of benzene rings is 1. The fourth-order valence-electron chi connectivity index (χ4n) is 2.36. The van der Waals surface area contributed by atoms with Gasteiger partial charge in [-0.1, -0.05) is 11.6 Å². The van der Waals surface area contributed by atoms with Gasteiger partial charge in [0.05, 0.1) is 0 Å². The molecule has 1 aliphatic carbocycles. The van der Waals surface area contributed by atoms with Crippen molar-refractivity contribution in [3.63, 3.8) is 0 Å². The summed E-state index contributed by atoms with van der Waals surface area (Å²) in [4.78, 5) is 11.4. The second-order valence-corrected chi connectivity index (χ2v) is 4.82. The molecule has 0 aliphatic heterocycles. The molecule has 5 heteroatoms. The molecule has 1 aromatic heterocycles. The lowest BCUT2D eigenvalue weighted by atomic mass is 9.66. The molecule has 0 saturated heterocycles. The summed E-state index contributed by atoms with van der Waals surface area (Å²) < 4.78 is 18.0. The zero-order chi connectivity index (χ0) is 13.5. The molecule has 1 heterocycles. The smallest absolute Gasteiger partial charge is 0.315 e. The Morgan fingerprint density at radius 1 is 1.32 bits per heavy atom. The van der Waals surface area contributed by atoms with Crippen LogP contribution in [0.1, 0.15) is 25.0 Å². The molecule has 1 aliphatic rings. The molecule has 2 aromatic rings. The van der Waals surface area contributed by atoms with Crippen molar-refractivity contribution in [2.24, 2.45) is 0 Å². The van der Waals surface area contributed by atoms with Crippen LogP contribution in [0.3, 0.4) is 0 Å². The standard InChI is InChI=1S/C14H12FNO3/c15-10-4-2-9(3-5-10)11-8-12(16-19-11)14(13(17)18)6-1-7-14/h2-5,8H,1,6-7H2,(H,17,18). The molecule has 0 amide bonds. The lowest BCUT2D eigenvalue weighted by Gasteiger charge is -2.35. The fraction of sp³-hybridized carbons (Fsp3) is 0.286. The van der Waals surface area contributed by atoms with Crippen molar-refractivity contribution in [1.82, 2.24) is 5.16 Å². The van der Waals surface area contributed by atoms with Crippen molar-refractivity contribution in [2.75, 3.05) is 0 Å². The molecule has 1 aromatic carbocycles. The Balaban J connectivity index is 1.95. The summed E-state index contributed by atoms with van der Waals surface area (Å²) in [5, 5.41) is 13.2. The zero-order valence-electron chi connectivity index (χ0n) is 10.1. The van der Waals surface area contributed by atoms with Gasteiger partial charge in [-0.3, -0.25) is 4.79 Å². The molecule has 0 unspecified atom stereocenters. The molecule has 19 heavy (non-hydrogen) atoms. The molecule has 0 atom stereocenters. The van der Waals surface area contributed by atoms with Crippen molar-refractivity contribution < 1.29 is 18.8 Å². The van der Waals surface area contributed by atoms with Crippen LogP contribution < -0.4 is 0 Å². The van der Waals surface area contributed by atoms with Gasteiger partial charge in [0.1, 0.15) is 16.9 Å². The summed E-state index contributed by atoms with van der Waals surface area (Å²) in [7, 11) is 0. The number of hydrogen-bond acceptors (Lipinski definition) is 3. The van der Waals surface area contributed by atoms with Crippen LogP contribution in [0.4, 0.5) is 4.39 Å². The van der Waals surface area contributed by atoms with E-state index in [9.17, 15) is 14.3 Å². The van der Waals surface area contributed by atoms with Crippen molar-refractivity contribution in [3.8, 4) is 11.3 Å². The Hall–Kier alpha value is -2.17. The Morgan fingerprint density at radius 3 is 2.53 bits per heavy atom. The summed E-state index contributed by atoms with van der Waals surface area (Å²) in [6.07, 6.45) is 2.04. The topological polar surface area (TPSA) is 63.3 Å². The summed E-state index contributed by atoms with van der Waals surface area (Å²) in [5.74, 6) is -0.732. The predicted octanol–water partition coefficient (Wildman–Crippen LogP) is 2.99. The van der Waals surface area contributed by atoms with Crippen molar-refractivity contribution >= 4 is 5.97 Å². The van der Waals surface area contributed by atoms with Gasteiger partial charge < -0.3 is 9.63 Å². The molecule has 4 nitrogen and oxygen atoms in total. The second-order valence-electron chi connectivity index (χ2n) is 4.82. The second kappa shape index (κ2) is 4.19. The SMILES string of the molecule is O=C(O)C1(c2cc(-c3ccc(F)cc3)on2)CCC1. The van der Waals surface area contributed by atoms with E-state index in [1.54, 1.807) is 18.2 Å². The highest BCUT2D eigenvalue weighted by atomic mass is 19.1. The molecular formula is C14H12FNO3. The van der Waals surface area contributed by atoms with E-state index in [1.807, 2.05) is 0 Å². The number of halogens is 1. The van der Waals surface area contributed by atoms with E-state index in [-0.39, 0.29) is 5.82 Å². The summed E-state index contributed by atoms with van der Waals surface area (Å²) in [5.41, 5.74) is 0.229. The van der Waals surface area contributed by atoms with Gasteiger partial charge in [0.15, 0.2) is 5.76 Å². The number of aliphatic carboxylic acids is 1. The van der Waals surface area contributed by atoms with E-state index in [0.29, 0.717) is 29.9 Å². The summed E-state index contributed by atoms with van der Waals surface area (Å²) in [6, 6.07) is 7.45. The average Bonchev–Trinajstić information content (AvgIpc) is 2.77. The average molecular weight is 261 g/mol. The Labute approximate surface area is 108 Å². The lowest BCUT2D eigenvalue weighted by molar-refractivity contribution is -0.147. The first-order valence-corrected chi connectivity index (χ1v) is 6.08. The number of rotatable bonds is 3. The van der Waals surface area contributed by atoms with Crippen molar-refractivity contribution in [1.29, 1.82) is 0 Å². The van der Waals surface area contributed by atoms with Crippen LogP contribution in [-0.4, -0.2) is 16.2 Å². The quantitative estimate of drug-likeness (QED) is 0.922. The highest BCUT2D eigenvalue weighted by Crippen LogP contribution is 2.44.